The molecule has 8 heteroatoms. The van der Waals surface area contributed by atoms with Crippen LogP contribution in [0.4, 0.5) is 11.4 Å². The van der Waals surface area contributed by atoms with Crippen LogP contribution in [-0.2, 0) is 14.8 Å². The average Bonchev–Trinajstić information content (AvgIpc) is 2.57. The maximum atomic E-state index is 12.2. The first-order valence-electron chi connectivity index (χ1n) is 7.74. The summed E-state index contributed by atoms with van der Waals surface area (Å²) in [4.78, 5) is 12.2. The minimum Gasteiger partial charge on any atom is -0.326 e. The third kappa shape index (κ3) is 5.22. The highest BCUT2D eigenvalue weighted by Crippen LogP contribution is 2.21. The fourth-order valence-electron chi connectivity index (χ4n) is 2.31. The summed E-state index contributed by atoms with van der Waals surface area (Å²) in [6.45, 7) is 1.81. The molecule has 2 rings (SSSR count). The highest BCUT2D eigenvalue weighted by atomic mass is 35.5. The van der Waals surface area contributed by atoms with Crippen LogP contribution in [0.25, 0.3) is 0 Å². The SMILES string of the molecule is Cc1ccc(NC(=O)CCN(c2cccc(C#N)c2)S(C)(=O)=O)cc1Cl. The van der Waals surface area contributed by atoms with Crippen molar-refractivity contribution in [2.24, 2.45) is 0 Å². The first kappa shape index (κ1) is 19.8. The van der Waals surface area contributed by atoms with E-state index in [4.69, 9.17) is 16.9 Å². The molecule has 0 saturated carbocycles. The van der Waals surface area contributed by atoms with Gasteiger partial charge in [-0.25, -0.2) is 8.42 Å². The second-order valence-corrected chi connectivity index (χ2v) is 8.07. The van der Waals surface area contributed by atoms with Gasteiger partial charge in [-0.3, -0.25) is 9.10 Å². The average molecular weight is 392 g/mol. The van der Waals surface area contributed by atoms with Gasteiger partial charge in [0.2, 0.25) is 15.9 Å². The van der Waals surface area contributed by atoms with E-state index in [1.54, 1.807) is 36.4 Å². The minimum atomic E-state index is -3.60. The molecule has 0 bridgehead atoms. The maximum Gasteiger partial charge on any atom is 0.232 e. The molecule has 0 unspecified atom stereocenters. The summed E-state index contributed by atoms with van der Waals surface area (Å²) < 4.78 is 25.3. The van der Waals surface area contributed by atoms with Gasteiger partial charge in [0.15, 0.2) is 0 Å². The number of carbonyl (C=O) groups excluding carboxylic acids is 1. The first-order chi connectivity index (χ1) is 12.2. The van der Waals surface area contributed by atoms with Crippen LogP contribution in [0.3, 0.4) is 0 Å². The molecule has 2 aromatic rings. The lowest BCUT2D eigenvalue weighted by Crippen LogP contribution is -2.33. The van der Waals surface area contributed by atoms with Crippen LogP contribution in [0.5, 0.6) is 0 Å². The molecule has 0 aliphatic rings. The summed E-state index contributed by atoms with van der Waals surface area (Å²) in [5.74, 6) is -0.338. The summed E-state index contributed by atoms with van der Waals surface area (Å²) in [6, 6.07) is 13.4. The molecule has 6 nitrogen and oxygen atoms in total. The van der Waals surface area contributed by atoms with Gasteiger partial charge in [-0.15, -0.1) is 0 Å². The summed E-state index contributed by atoms with van der Waals surface area (Å²) in [5, 5.41) is 12.2. The second kappa shape index (κ2) is 8.21. The molecule has 26 heavy (non-hydrogen) atoms. The lowest BCUT2D eigenvalue weighted by Gasteiger charge is -2.22. The molecule has 136 valence electrons. The lowest BCUT2D eigenvalue weighted by molar-refractivity contribution is -0.116. The molecular weight excluding hydrogens is 374 g/mol. The Kier molecular flexibility index (Phi) is 6.24. The summed E-state index contributed by atoms with van der Waals surface area (Å²) in [5.41, 5.74) is 2.13. The number of nitriles is 1. The Morgan fingerprint density at radius 1 is 1.27 bits per heavy atom. The van der Waals surface area contributed by atoms with Crippen LogP contribution >= 0.6 is 11.6 Å². The summed E-state index contributed by atoms with van der Waals surface area (Å²) in [7, 11) is -3.60. The number of aryl methyl sites for hydroxylation is 1. The summed E-state index contributed by atoms with van der Waals surface area (Å²) in [6.07, 6.45) is 1.01. The smallest absolute Gasteiger partial charge is 0.232 e. The van der Waals surface area contributed by atoms with Crippen molar-refractivity contribution >= 4 is 38.9 Å². The Labute approximate surface area is 158 Å². The number of carbonyl (C=O) groups is 1. The van der Waals surface area contributed by atoms with E-state index in [1.165, 1.54) is 6.07 Å². The van der Waals surface area contributed by atoms with Crippen LogP contribution in [0.15, 0.2) is 42.5 Å². The van der Waals surface area contributed by atoms with Crippen molar-refractivity contribution in [3.8, 4) is 6.07 Å². The fourth-order valence-corrected chi connectivity index (χ4v) is 3.41. The van der Waals surface area contributed by atoms with Gasteiger partial charge in [0.1, 0.15) is 0 Å². The quantitative estimate of drug-likeness (QED) is 0.817. The molecule has 0 fully saturated rings. The van der Waals surface area contributed by atoms with E-state index in [0.29, 0.717) is 22.0 Å². The molecular formula is C18H18ClN3O3S. The predicted molar refractivity (Wildman–Crippen MR) is 103 cm³/mol. The maximum absolute atomic E-state index is 12.2. The van der Waals surface area contributed by atoms with Crippen molar-refractivity contribution in [3.05, 3.63) is 58.6 Å². The van der Waals surface area contributed by atoms with Gasteiger partial charge in [-0.1, -0.05) is 23.7 Å². The number of amides is 1. The largest absolute Gasteiger partial charge is 0.326 e. The normalized spacial score (nSPS) is 10.8. The van der Waals surface area contributed by atoms with E-state index in [-0.39, 0.29) is 18.9 Å². The topological polar surface area (TPSA) is 90.3 Å². The van der Waals surface area contributed by atoms with Crippen molar-refractivity contribution in [2.75, 3.05) is 22.4 Å². The van der Waals surface area contributed by atoms with Gasteiger partial charge < -0.3 is 5.32 Å². The van der Waals surface area contributed by atoms with Crippen molar-refractivity contribution in [3.63, 3.8) is 0 Å². The number of hydrogen-bond donors (Lipinski definition) is 1. The van der Waals surface area contributed by atoms with Gasteiger partial charge in [0.25, 0.3) is 0 Å². The standard InChI is InChI=1S/C18H18ClN3O3S/c1-13-6-7-15(11-17(13)19)21-18(23)8-9-22(26(2,24)25)16-5-3-4-14(10-16)12-20/h3-7,10-11H,8-9H2,1-2H3,(H,21,23). The zero-order valence-corrected chi connectivity index (χ0v) is 15.9. The minimum absolute atomic E-state index is 0.0425. The Balaban J connectivity index is 2.11. The van der Waals surface area contributed by atoms with Crippen LogP contribution in [0, 0.1) is 18.3 Å². The van der Waals surface area contributed by atoms with Crippen molar-refractivity contribution in [2.45, 2.75) is 13.3 Å². The predicted octanol–water partition coefficient (Wildman–Crippen LogP) is 3.31. The molecule has 0 heterocycles. The number of sulfonamides is 1. The molecule has 2 aromatic carbocycles. The van der Waals surface area contributed by atoms with Gasteiger partial charge in [0.05, 0.1) is 23.6 Å². The van der Waals surface area contributed by atoms with Crippen LogP contribution < -0.4 is 9.62 Å². The van der Waals surface area contributed by atoms with Crippen LogP contribution in [0.2, 0.25) is 5.02 Å². The number of anilines is 2. The van der Waals surface area contributed by atoms with Crippen molar-refractivity contribution in [1.29, 1.82) is 5.26 Å². The van der Waals surface area contributed by atoms with E-state index in [1.807, 2.05) is 13.0 Å². The van der Waals surface area contributed by atoms with Gasteiger partial charge in [0, 0.05) is 23.7 Å². The zero-order valence-electron chi connectivity index (χ0n) is 14.4. The second-order valence-electron chi connectivity index (χ2n) is 5.76. The monoisotopic (exact) mass is 391 g/mol. The molecule has 0 saturated heterocycles. The molecule has 0 aliphatic carbocycles. The van der Waals surface area contributed by atoms with Crippen molar-refractivity contribution in [1.82, 2.24) is 0 Å². The highest BCUT2D eigenvalue weighted by Gasteiger charge is 2.19. The zero-order chi connectivity index (χ0) is 19.3. The number of rotatable bonds is 6. The summed E-state index contributed by atoms with van der Waals surface area (Å²) >= 11 is 6.03. The van der Waals surface area contributed by atoms with Gasteiger partial charge >= 0.3 is 0 Å². The van der Waals surface area contributed by atoms with E-state index >= 15 is 0 Å². The molecule has 0 aromatic heterocycles. The Morgan fingerprint density at radius 2 is 2.00 bits per heavy atom. The number of benzene rings is 2. The third-order valence-corrected chi connectivity index (χ3v) is 5.26. The van der Waals surface area contributed by atoms with E-state index < -0.39 is 10.0 Å². The molecule has 0 radical (unpaired) electrons. The molecule has 1 amide bonds. The van der Waals surface area contributed by atoms with Crippen LogP contribution in [0.1, 0.15) is 17.5 Å². The van der Waals surface area contributed by atoms with Gasteiger partial charge in [-0.2, -0.15) is 5.26 Å². The van der Waals surface area contributed by atoms with Crippen molar-refractivity contribution < 1.29 is 13.2 Å². The van der Waals surface area contributed by atoms with E-state index in [2.05, 4.69) is 5.32 Å². The van der Waals surface area contributed by atoms with E-state index in [9.17, 15) is 13.2 Å². The number of halogens is 1. The third-order valence-electron chi connectivity index (χ3n) is 3.66. The molecule has 0 spiro atoms. The van der Waals surface area contributed by atoms with Crippen LogP contribution in [-0.4, -0.2) is 27.1 Å². The molecule has 0 aliphatic heterocycles. The first-order valence-corrected chi connectivity index (χ1v) is 9.97. The Bertz CT molecular complexity index is 968. The molecule has 1 N–H and O–H groups in total. The lowest BCUT2D eigenvalue weighted by atomic mass is 10.2. The number of nitrogens with one attached hydrogen (secondary N) is 1. The Hall–Kier alpha value is -2.56. The molecule has 0 atom stereocenters. The fraction of sp³-hybridized carbons (Fsp3) is 0.222. The Morgan fingerprint density at radius 3 is 2.62 bits per heavy atom. The number of nitrogens with zero attached hydrogens (tertiary/aromatic N) is 2. The number of hydrogen-bond acceptors (Lipinski definition) is 4. The highest BCUT2D eigenvalue weighted by molar-refractivity contribution is 7.92. The van der Waals surface area contributed by atoms with E-state index in [0.717, 1.165) is 16.1 Å². The van der Waals surface area contributed by atoms with Gasteiger partial charge in [-0.05, 0) is 42.8 Å².